The molecule has 28 heteroatoms. The number of hydrogen-bond acceptors (Lipinski definition) is 19. The zero-order chi connectivity index (χ0) is 50.0. The van der Waals surface area contributed by atoms with E-state index in [1.54, 1.807) is 6.92 Å². The van der Waals surface area contributed by atoms with E-state index < -0.39 is 204 Å². The van der Waals surface area contributed by atoms with Gasteiger partial charge in [0.05, 0.1) is 25.4 Å². The van der Waals surface area contributed by atoms with Crippen LogP contribution in [0.15, 0.2) is 0 Å². The van der Waals surface area contributed by atoms with Crippen molar-refractivity contribution in [3.63, 3.8) is 0 Å². The van der Waals surface area contributed by atoms with Gasteiger partial charge in [-0.25, -0.2) is 0 Å². The fourth-order valence-electron chi connectivity index (χ4n) is 5.63. The molecule has 0 heterocycles. The van der Waals surface area contributed by atoms with Crippen molar-refractivity contribution in [3.8, 4) is 0 Å². The Labute approximate surface area is 372 Å². The third-order valence-corrected chi connectivity index (χ3v) is 9.56. The van der Waals surface area contributed by atoms with Crippen LogP contribution in [0.25, 0.3) is 0 Å². The molecule has 0 aromatic rings. The Balaban J connectivity index is 6.41. The van der Waals surface area contributed by atoms with Crippen LogP contribution >= 0.6 is 0 Å². The van der Waals surface area contributed by atoms with E-state index in [1.165, 1.54) is 7.05 Å². The second kappa shape index (κ2) is 31.7. The molecule has 374 valence electrons. The van der Waals surface area contributed by atoms with Gasteiger partial charge >= 0.3 is 11.9 Å². The molecule has 0 saturated heterocycles. The molecule has 0 unspecified atom stereocenters. The molecule has 0 bridgehead atoms. The van der Waals surface area contributed by atoms with Crippen LogP contribution in [0.1, 0.15) is 71.1 Å². The predicted molar refractivity (Wildman–Crippen MR) is 217 cm³/mol. The van der Waals surface area contributed by atoms with Crippen molar-refractivity contribution in [2.45, 2.75) is 144 Å². The number of aliphatic hydroxyl groups is 10. The van der Waals surface area contributed by atoms with Crippen molar-refractivity contribution >= 4 is 53.3 Å². The number of rotatable bonds is 34. The van der Waals surface area contributed by atoms with E-state index in [1.807, 2.05) is 0 Å². The van der Waals surface area contributed by atoms with Crippen LogP contribution in [-0.4, -0.2) is 221 Å². The standard InChI is InChI=1S/C37H65N7O21/c1-3-4-27(53)41-18(5-9-25(51)39-13-21(47)30(58)32(60)23(49)15-45)35(63)44-20(8-12-29(56)57)37(65)43-19(36(64)42-17(34(62)38-2)7-11-28(54)55)6-10-26(52)40-14-22(48)31(59)33(61)24(50)16-46/h17-24,30-33,45-50,58-61H,3-16H2,1-2H3,(H,38,62)(H,39,51)(H,40,52)(H,41,53)(H,42,64)(H,43,65)(H,44,63)(H,54,55)(H,56,57)/t17-,18-,19-,20-,21-,22-,23+,24+,30+,31+,32+,33+/m0/s1. The van der Waals surface area contributed by atoms with Crippen LogP contribution < -0.4 is 37.2 Å². The Morgan fingerprint density at radius 1 is 0.415 bits per heavy atom. The van der Waals surface area contributed by atoms with Gasteiger partial charge in [-0.3, -0.25) is 43.2 Å². The van der Waals surface area contributed by atoms with Gasteiger partial charge in [-0.2, -0.15) is 0 Å². The van der Waals surface area contributed by atoms with E-state index in [0.29, 0.717) is 6.42 Å². The summed E-state index contributed by atoms with van der Waals surface area (Å²) in [4.78, 5) is 114. The van der Waals surface area contributed by atoms with Gasteiger partial charge in [0.15, 0.2) is 0 Å². The SMILES string of the molecule is CCCC(=O)N[C@@H](CCC(=O)NC[C@H](O)[C@@H](O)[C@H](O)[C@H](O)CO)C(=O)N[C@@H](CCC(=O)O)C(=O)N[C@@H](CCC(=O)NC[C@H](O)[C@@H](O)[C@H](O)[C@H](O)CO)C(=O)N[C@@H](CCC(=O)O)C(=O)NC. The minimum absolute atomic E-state index is 0.104. The average Bonchev–Trinajstić information content (AvgIpc) is 3.27. The number of hydrogen-bond donors (Lipinski definition) is 19. The van der Waals surface area contributed by atoms with Crippen LogP contribution in [0.4, 0.5) is 0 Å². The molecule has 0 rings (SSSR count). The molecule has 19 N–H and O–H groups in total. The maximum Gasteiger partial charge on any atom is 0.303 e. The number of nitrogens with one attached hydrogen (secondary N) is 7. The molecule has 28 nitrogen and oxygen atoms in total. The number of aliphatic hydroxyl groups excluding tert-OH is 10. The van der Waals surface area contributed by atoms with Crippen molar-refractivity contribution in [3.05, 3.63) is 0 Å². The smallest absolute Gasteiger partial charge is 0.303 e. The molecule has 0 aromatic heterocycles. The second-order valence-electron chi connectivity index (χ2n) is 14.8. The molecule has 0 radical (unpaired) electrons. The van der Waals surface area contributed by atoms with E-state index >= 15 is 0 Å². The highest BCUT2D eigenvalue weighted by molar-refractivity contribution is 5.96. The first-order valence-corrected chi connectivity index (χ1v) is 20.5. The zero-order valence-electron chi connectivity index (χ0n) is 35.9. The van der Waals surface area contributed by atoms with E-state index in [9.17, 15) is 89.1 Å². The van der Waals surface area contributed by atoms with Crippen LogP contribution in [0, 0.1) is 0 Å². The molecule has 0 spiro atoms. The number of likely N-dealkylation sites (N-methyl/N-ethyl adjacent to an activating group) is 1. The minimum Gasteiger partial charge on any atom is -0.481 e. The fraction of sp³-hybridized carbons (Fsp3) is 0.757. The first-order valence-electron chi connectivity index (χ1n) is 20.5. The van der Waals surface area contributed by atoms with Crippen LogP contribution in [0.2, 0.25) is 0 Å². The highest BCUT2D eigenvalue weighted by Gasteiger charge is 2.34. The van der Waals surface area contributed by atoms with Crippen LogP contribution in [0.3, 0.4) is 0 Å². The van der Waals surface area contributed by atoms with Gasteiger partial charge in [-0.1, -0.05) is 6.92 Å². The summed E-state index contributed by atoms with van der Waals surface area (Å²) in [6.45, 7) is -1.72. The number of carboxylic acid groups (broad SMARTS) is 2. The average molecular weight is 944 g/mol. The largest absolute Gasteiger partial charge is 0.481 e. The lowest BCUT2D eigenvalue weighted by Gasteiger charge is -2.27. The molecular formula is C37H65N7O21. The molecule has 0 aliphatic heterocycles. The number of carboxylic acids is 2. The summed E-state index contributed by atoms with van der Waals surface area (Å²) in [6.07, 6.45) is -20.0. The fourth-order valence-corrected chi connectivity index (χ4v) is 5.63. The van der Waals surface area contributed by atoms with Crippen LogP contribution in [-0.2, 0) is 43.2 Å². The topological polar surface area (TPSA) is 481 Å². The molecule has 0 aromatic carbocycles. The molecule has 65 heavy (non-hydrogen) atoms. The van der Waals surface area contributed by atoms with Gasteiger partial charge in [-0.05, 0) is 32.1 Å². The van der Waals surface area contributed by atoms with Crippen molar-refractivity contribution in [2.24, 2.45) is 0 Å². The van der Waals surface area contributed by atoms with Gasteiger partial charge in [0.1, 0.15) is 60.8 Å². The third kappa shape index (κ3) is 23.5. The zero-order valence-corrected chi connectivity index (χ0v) is 35.9. The summed E-state index contributed by atoms with van der Waals surface area (Å²) in [5.41, 5.74) is 0. The number of carbonyl (C=O) groups is 9. The highest BCUT2D eigenvalue weighted by Crippen LogP contribution is 2.10. The van der Waals surface area contributed by atoms with Gasteiger partial charge < -0.3 is 98.5 Å². The summed E-state index contributed by atoms with van der Waals surface area (Å²) in [5.74, 6) is -9.67. The lowest BCUT2D eigenvalue weighted by molar-refractivity contribution is -0.139. The van der Waals surface area contributed by atoms with Crippen molar-refractivity contribution in [2.75, 3.05) is 33.4 Å². The monoisotopic (exact) mass is 943 g/mol. The Morgan fingerprint density at radius 3 is 1.03 bits per heavy atom. The van der Waals surface area contributed by atoms with Gasteiger partial charge in [0.25, 0.3) is 0 Å². The lowest BCUT2D eigenvalue weighted by Crippen LogP contribution is -2.58. The summed E-state index contributed by atoms with van der Waals surface area (Å²) < 4.78 is 0. The first-order chi connectivity index (χ1) is 30.4. The Kier molecular flexibility index (Phi) is 29.1. The van der Waals surface area contributed by atoms with Gasteiger partial charge in [0, 0.05) is 52.2 Å². The van der Waals surface area contributed by atoms with Crippen molar-refractivity contribution in [1.29, 1.82) is 0 Å². The van der Waals surface area contributed by atoms with E-state index in [-0.39, 0.29) is 6.42 Å². The Hall–Kier alpha value is -5.17. The van der Waals surface area contributed by atoms with Crippen LogP contribution in [0.5, 0.6) is 0 Å². The Morgan fingerprint density at radius 2 is 0.723 bits per heavy atom. The third-order valence-electron chi connectivity index (χ3n) is 9.56. The molecule has 7 amide bonds. The number of amides is 7. The van der Waals surface area contributed by atoms with E-state index in [2.05, 4.69) is 37.2 Å². The predicted octanol–water partition coefficient (Wildman–Crippen LogP) is -9.13. The summed E-state index contributed by atoms with van der Waals surface area (Å²) in [6, 6.07) is -6.68. The normalized spacial score (nSPS) is 16.8. The molecule has 0 fully saturated rings. The van der Waals surface area contributed by atoms with Gasteiger partial charge in [-0.15, -0.1) is 0 Å². The number of aliphatic carboxylic acids is 2. The van der Waals surface area contributed by atoms with E-state index in [4.69, 9.17) is 15.3 Å². The lowest BCUT2D eigenvalue weighted by atomic mass is 10.0. The summed E-state index contributed by atoms with van der Waals surface area (Å²) in [7, 11) is 1.18. The molecule has 0 aliphatic carbocycles. The molecular weight excluding hydrogens is 878 g/mol. The molecule has 0 saturated carbocycles. The molecule has 12 atom stereocenters. The summed E-state index contributed by atoms with van der Waals surface area (Å²) >= 11 is 0. The summed E-state index contributed by atoms with van der Waals surface area (Å²) in [5, 5.41) is 131. The minimum atomic E-state index is -2.05. The maximum atomic E-state index is 13.8. The Bertz CT molecular complexity index is 1560. The van der Waals surface area contributed by atoms with Crippen molar-refractivity contribution in [1.82, 2.24) is 37.2 Å². The van der Waals surface area contributed by atoms with Gasteiger partial charge in [0.2, 0.25) is 41.4 Å². The quantitative estimate of drug-likeness (QED) is 0.0285. The van der Waals surface area contributed by atoms with Crippen molar-refractivity contribution < 1.29 is 104 Å². The maximum absolute atomic E-state index is 13.8. The van der Waals surface area contributed by atoms with E-state index in [0.717, 1.165) is 0 Å². The highest BCUT2D eigenvalue weighted by atomic mass is 16.4. The molecule has 0 aliphatic rings. The second-order valence-corrected chi connectivity index (χ2v) is 14.8. The number of carbonyl (C=O) groups excluding carboxylic acids is 7. The first kappa shape index (κ1) is 59.8.